The van der Waals surface area contributed by atoms with Crippen molar-refractivity contribution in [3.8, 4) is 0 Å². The van der Waals surface area contributed by atoms with Crippen LogP contribution >= 0.6 is 23.7 Å². The first kappa shape index (κ1) is 12.5. The highest BCUT2D eigenvalue weighted by Crippen LogP contribution is 2.05. The van der Waals surface area contributed by atoms with E-state index in [2.05, 4.69) is 8.58 Å². The highest BCUT2D eigenvalue weighted by molar-refractivity contribution is 6.13. The zero-order chi connectivity index (χ0) is 10.1. The number of carbonyl (C=O) groups is 2. The van der Waals surface area contributed by atoms with Crippen molar-refractivity contribution < 1.29 is 18.2 Å². The van der Waals surface area contributed by atoms with Gasteiger partial charge in [0.2, 0.25) is 0 Å². The summed E-state index contributed by atoms with van der Waals surface area (Å²) < 4.78 is 7.84. The lowest BCUT2D eigenvalue weighted by molar-refractivity contribution is -0.134. The first-order valence-corrected chi connectivity index (χ1v) is 4.45. The van der Waals surface area contributed by atoms with Crippen LogP contribution in [0.2, 0.25) is 0 Å². The molecule has 0 radical (unpaired) electrons. The van der Waals surface area contributed by atoms with Crippen molar-refractivity contribution in [3.05, 3.63) is 0 Å². The van der Waals surface area contributed by atoms with E-state index in [1.54, 1.807) is 0 Å². The van der Waals surface area contributed by atoms with Gasteiger partial charge in [-0.3, -0.25) is 9.59 Å². The fourth-order valence-corrected chi connectivity index (χ4v) is 0.947. The Bertz CT molecular complexity index is 154. The highest BCUT2D eigenvalue weighted by atomic mass is 35.5. The second-order valence-electron chi connectivity index (χ2n) is 2.46. The van der Waals surface area contributed by atoms with Crippen molar-refractivity contribution in [2.24, 2.45) is 0 Å². The van der Waals surface area contributed by atoms with Gasteiger partial charge < -0.3 is 8.58 Å². The summed E-state index contributed by atoms with van der Waals surface area (Å²) in [6, 6.07) is 0. The Balaban J connectivity index is 3.17. The van der Waals surface area contributed by atoms with Crippen molar-refractivity contribution in [1.82, 2.24) is 0 Å². The molecule has 0 heterocycles. The van der Waals surface area contributed by atoms with E-state index in [0.29, 0.717) is 12.8 Å². The number of hydrogen-bond donors (Lipinski definition) is 0. The number of halogens is 2. The van der Waals surface area contributed by atoms with Gasteiger partial charge in [0.1, 0.15) is 23.7 Å². The van der Waals surface area contributed by atoms with E-state index in [4.69, 9.17) is 23.7 Å². The molecule has 0 aliphatic carbocycles. The molecule has 0 atom stereocenters. The number of carbonyl (C=O) groups excluding carboxylic acids is 2. The molecule has 0 aromatic heterocycles. The minimum Gasteiger partial charge on any atom is -0.348 e. The summed E-state index contributed by atoms with van der Waals surface area (Å²) in [6.45, 7) is 0. The molecule has 0 spiro atoms. The Kier molecular flexibility index (Phi) is 7.83. The standard InChI is InChI=1S/C7H10Cl2O4/c8-12-6(10)4-2-1-3-5-7(11)13-9/h1-5H2. The van der Waals surface area contributed by atoms with Gasteiger partial charge in [-0.1, -0.05) is 6.42 Å². The van der Waals surface area contributed by atoms with E-state index in [1.165, 1.54) is 0 Å². The van der Waals surface area contributed by atoms with E-state index in [9.17, 15) is 9.59 Å². The third-order valence-electron chi connectivity index (χ3n) is 1.43. The third-order valence-corrected chi connectivity index (χ3v) is 1.78. The molecule has 6 heteroatoms. The van der Waals surface area contributed by atoms with Crippen LogP contribution in [0.15, 0.2) is 0 Å². The number of hydrogen-bond acceptors (Lipinski definition) is 4. The van der Waals surface area contributed by atoms with Crippen LogP contribution in [-0.4, -0.2) is 11.9 Å². The van der Waals surface area contributed by atoms with Gasteiger partial charge in [-0.05, 0) is 12.8 Å². The van der Waals surface area contributed by atoms with Crippen LogP contribution in [0, 0.1) is 0 Å². The number of unbranched alkanes of at least 4 members (excludes halogenated alkanes) is 2. The second-order valence-corrected chi connectivity index (χ2v) is 2.77. The molecule has 0 bridgehead atoms. The molecule has 0 N–H and O–H groups in total. The summed E-state index contributed by atoms with van der Waals surface area (Å²) in [6.07, 6.45) is 2.54. The zero-order valence-corrected chi connectivity index (χ0v) is 8.44. The predicted molar refractivity (Wildman–Crippen MR) is 47.0 cm³/mol. The summed E-state index contributed by atoms with van der Waals surface area (Å²) in [5.41, 5.74) is 0. The lowest BCUT2D eigenvalue weighted by Gasteiger charge is -1.97. The lowest BCUT2D eigenvalue weighted by atomic mass is 10.1. The summed E-state index contributed by atoms with van der Waals surface area (Å²) in [5.74, 6) is -0.914. The van der Waals surface area contributed by atoms with Gasteiger partial charge >= 0.3 is 11.9 Å². The third kappa shape index (κ3) is 7.87. The first-order chi connectivity index (χ1) is 6.20. The molecule has 0 fully saturated rings. The molecule has 4 nitrogen and oxygen atoms in total. The van der Waals surface area contributed by atoms with E-state index >= 15 is 0 Å². The van der Waals surface area contributed by atoms with E-state index < -0.39 is 11.9 Å². The maximum absolute atomic E-state index is 10.5. The van der Waals surface area contributed by atoms with E-state index in [0.717, 1.165) is 6.42 Å². The maximum Gasteiger partial charge on any atom is 0.324 e. The Morgan fingerprint density at radius 3 is 1.54 bits per heavy atom. The summed E-state index contributed by atoms with van der Waals surface area (Å²) >= 11 is 9.59. The van der Waals surface area contributed by atoms with Gasteiger partial charge in [0.15, 0.2) is 0 Å². The molecular weight excluding hydrogens is 219 g/mol. The van der Waals surface area contributed by atoms with Crippen molar-refractivity contribution in [3.63, 3.8) is 0 Å². The van der Waals surface area contributed by atoms with Crippen LogP contribution < -0.4 is 0 Å². The predicted octanol–water partition coefficient (Wildman–Crippen LogP) is 2.33. The highest BCUT2D eigenvalue weighted by Gasteiger charge is 2.03. The zero-order valence-electron chi connectivity index (χ0n) is 6.92. The largest absolute Gasteiger partial charge is 0.348 e. The Hall–Kier alpha value is -0.480. The molecule has 0 aliphatic rings. The van der Waals surface area contributed by atoms with E-state index in [-0.39, 0.29) is 12.8 Å². The molecule has 0 amide bonds. The maximum atomic E-state index is 10.5. The Labute approximate surface area is 86.4 Å². The molecular formula is C7H10Cl2O4. The average molecular weight is 229 g/mol. The smallest absolute Gasteiger partial charge is 0.324 e. The molecule has 0 unspecified atom stereocenters. The minimum atomic E-state index is -0.457. The van der Waals surface area contributed by atoms with Gasteiger partial charge in [-0.2, -0.15) is 0 Å². The topological polar surface area (TPSA) is 52.6 Å². The van der Waals surface area contributed by atoms with Crippen molar-refractivity contribution in [1.29, 1.82) is 0 Å². The minimum absolute atomic E-state index is 0.263. The van der Waals surface area contributed by atoms with E-state index in [1.807, 2.05) is 0 Å². The van der Waals surface area contributed by atoms with Gasteiger partial charge in [-0.15, -0.1) is 0 Å². The quantitative estimate of drug-likeness (QED) is 0.656. The van der Waals surface area contributed by atoms with Crippen LogP contribution in [0.3, 0.4) is 0 Å². The van der Waals surface area contributed by atoms with Gasteiger partial charge in [0.05, 0.1) is 0 Å². The summed E-state index contributed by atoms with van der Waals surface area (Å²) in [5, 5.41) is 0. The van der Waals surface area contributed by atoms with Crippen molar-refractivity contribution in [2.75, 3.05) is 0 Å². The monoisotopic (exact) mass is 228 g/mol. The van der Waals surface area contributed by atoms with Gasteiger partial charge in [0.25, 0.3) is 0 Å². The molecule has 0 rings (SSSR count). The van der Waals surface area contributed by atoms with Crippen LogP contribution in [0.1, 0.15) is 32.1 Å². The van der Waals surface area contributed by atoms with Crippen LogP contribution in [0.25, 0.3) is 0 Å². The van der Waals surface area contributed by atoms with Crippen LogP contribution in [-0.2, 0) is 18.2 Å². The number of rotatable bonds is 6. The SMILES string of the molecule is O=C(CCCCCC(=O)OCl)OCl. The molecule has 0 saturated carbocycles. The Morgan fingerprint density at radius 2 is 1.23 bits per heavy atom. The summed E-state index contributed by atoms with van der Waals surface area (Å²) in [4.78, 5) is 21.0. The van der Waals surface area contributed by atoms with Gasteiger partial charge in [0, 0.05) is 12.8 Å². The molecule has 13 heavy (non-hydrogen) atoms. The molecule has 76 valence electrons. The fraction of sp³-hybridized carbons (Fsp3) is 0.714. The first-order valence-electron chi connectivity index (χ1n) is 3.83. The average Bonchev–Trinajstić information content (AvgIpc) is 2.16. The lowest BCUT2D eigenvalue weighted by Crippen LogP contribution is -1.98. The van der Waals surface area contributed by atoms with Crippen LogP contribution in [0.5, 0.6) is 0 Å². The molecule has 0 saturated heterocycles. The normalized spacial score (nSPS) is 9.38. The fourth-order valence-electron chi connectivity index (χ4n) is 0.793. The van der Waals surface area contributed by atoms with Gasteiger partial charge in [-0.25, -0.2) is 0 Å². The van der Waals surface area contributed by atoms with Crippen molar-refractivity contribution in [2.45, 2.75) is 32.1 Å². The molecule has 0 aliphatic heterocycles. The van der Waals surface area contributed by atoms with Crippen molar-refractivity contribution >= 4 is 35.7 Å². The Morgan fingerprint density at radius 1 is 0.846 bits per heavy atom. The summed E-state index contributed by atoms with van der Waals surface area (Å²) in [7, 11) is 0. The second kappa shape index (κ2) is 8.13. The van der Waals surface area contributed by atoms with Crippen LogP contribution in [0.4, 0.5) is 0 Å². The molecule has 0 aromatic rings. The molecule has 0 aromatic carbocycles.